The first-order chi connectivity index (χ1) is 12.1. The quantitative estimate of drug-likeness (QED) is 0.704. The molecule has 0 atom stereocenters. The SMILES string of the molecule is C#CCOc1ccccc1CNCc1ccc(OC)c(OC(F)F)c1. The number of alkyl halides is 2. The van der Waals surface area contributed by atoms with E-state index in [-0.39, 0.29) is 18.1 Å². The van der Waals surface area contributed by atoms with E-state index in [0.717, 1.165) is 11.1 Å². The van der Waals surface area contributed by atoms with Crippen LogP contribution in [0.3, 0.4) is 0 Å². The van der Waals surface area contributed by atoms with Gasteiger partial charge in [-0.05, 0) is 23.8 Å². The Labute approximate surface area is 145 Å². The lowest BCUT2D eigenvalue weighted by atomic mass is 10.1. The van der Waals surface area contributed by atoms with Crippen LogP contribution in [0.4, 0.5) is 8.78 Å². The summed E-state index contributed by atoms with van der Waals surface area (Å²) in [6, 6.07) is 12.4. The lowest BCUT2D eigenvalue weighted by Crippen LogP contribution is -2.14. The van der Waals surface area contributed by atoms with Gasteiger partial charge in [0, 0.05) is 18.7 Å². The van der Waals surface area contributed by atoms with E-state index in [2.05, 4.69) is 16.0 Å². The zero-order chi connectivity index (χ0) is 18.1. The number of terminal acetylenes is 1. The summed E-state index contributed by atoms with van der Waals surface area (Å²) in [5.41, 5.74) is 1.74. The van der Waals surface area contributed by atoms with Gasteiger partial charge in [0.2, 0.25) is 0 Å². The normalized spacial score (nSPS) is 10.4. The first-order valence-electron chi connectivity index (χ1n) is 7.60. The van der Waals surface area contributed by atoms with E-state index < -0.39 is 6.61 Å². The van der Waals surface area contributed by atoms with Crippen LogP contribution in [0.2, 0.25) is 0 Å². The van der Waals surface area contributed by atoms with Gasteiger partial charge in [0.05, 0.1) is 7.11 Å². The van der Waals surface area contributed by atoms with Crippen LogP contribution in [0.15, 0.2) is 42.5 Å². The molecule has 0 fully saturated rings. The number of hydrogen-bond donors (Lipinski definition) is 1. The molecule has 2 aromatic carbocycles. The molecular weight excluding hydrogens is 328 g/mol. The molecule has 0 spiro atoms. The van der Waals surface area contributed by atoms with Crippen molar-refractivity contribution in [2.75, 3.05) is 13.7 Å². The summed E-state index contributed by atoms with van der Waals surface area (Å²) in [5, 5.41) is 3.24. The summed E-state index contributed by atoms with van der Waals surface area (Å²) >= 11 is 0. The molecule has 2 aromatic rings. The molecule has 0 aromatic heterocycles. The molecule has 0 bridgehead atoms. The number of halogens is 2. The van der Waals surface area contributed by atoms with E-state index in [1.54, 1.807) is 12.1 Å². The average Bonchev–Trinajstić information content (AvgIpc) is 2.60. The van der Waals surface area contributed by atoms with Crippen molar-refractivity contribution in [1.29, 1.82) is 0 Å². The molecule has 0 amide bonds. The molecule has 0 aliphatic carbocycles. The highest BCUT2D eigenvalue weighted by atomic mass is 19.3. The second-order valence-corrected chi connectivity index (χ2v) is 5.07. The third-order valence-electron chi connectivity index (χ3n) is 3.37. The Kier molecular flexibility index (Phi) is 7.05. The fourth-order valence-electron chi connectivity index (χ4n) is 2.27. The van der Waals surface area contributed by atoms with Gasteiger partial charge >= 0.3 is 6.61 Å². The molecule has 4 nitrogen and oxygen atoms in total. The monoisotopic (exact) mass is 347 g/mol. The summed E-state index contributed by atoms with van der Waals surface area (Å²) in [5.74, 6) is 3.41. The molecule has 0 radical (unpaired) electrons. The number of methoxy groups -OCH3 is 1. The Morgan fingerprint density at radius 1 is 1.08 bits per heavy atom. The van der Waals surface area contributed by atoms with Gasteiger partial charge in [-0.15, -0.1) is 6.42 Å². The van der Waals surface area contributed by atoms with Crippen molar-refractivity contribution < 1.29 is 23.0 Å². The minimum absolute atomic E-state index is 0.00885. The molecule has 0 heterocycles. The first kappa shape index (κ1) is 18.6. The maximum absolute atomic E-state index is 12.5. The number of nitrogens with one attached hydrogen (secondary N) is 1. The van der Waals surface area contributed by atoms with Crippen molar-refractivity contribution in [1.82, 2.24) is 5.32 Å². The van der Waals surface area contributed by atoms with E-state index in [1.165, 1.54) is 13.2 Å². The fourth-order valence-corrected chi connectivity index (χ4v) is 2.27. The minimum atomic E-state index is -2.91. The van der Waals surface area contributed by atoms with Crippen molar-refractivity contribution in [2.45, 2.75) is 19.7 Å². The highest BCUT2D eigenvalue weighted by Gasteiger charge is 2.11. The van der Waals surface area contributed by atoms with Gasteiger partial charge in [-0.3, -0.25) is 0 Å². The molecule has 6 heteroatoms. The molecule has 132 valence electrons. The van der Waals surface area contributed by atoms with Crippen LogP contribution in [-0.4, -0.2) is 20.3 Å². The lowest BCUT2D eigenvalue weighted by molar-refractivity contribution is -0.0512. The predicted molar refractivity (Wildman–Crippen MR) is 90.9 cm³/mol. The standard InChI is InChI=1S/C19H19F2NO3/c1-3-10-24-16-7-5-4-6-15(16)13-22-12-14-8-9-17(23-2)18(11-14)25-19(20)21/h1,4-9,11,19,22H,10,12-13H2,2H3. The van der Waals surface area contributed by atoms with Gasteiger partial charge in [-0.2, -0.15) is 8.78 Å². The highest BCUT2D eigenvalue weighted by molar-refractivity contribution is 5.43. The molecule has 2 rings (SSSR count). The van der Waals surface area contributed by atoms with Crippen LogP contribution in [0.1, 0.15) is 11.1 Å². The van der Waals surface area contributed by atoms with Crippen LogP contribution in [-0.2, 0) is 13.1 Å². The van der Waals surface area contributed by atoms with Gasteiger partial charge in [-0.25, -0.2) is 0 Å². The largest absolute Gasteiger partial charge is 0.493 e. The molecule has 0 unspecified atom stereocenters. The van der Waals surface area contributed by atoms with Crippen molar-refractivity contribution >= 4 is 0 Å². The predicted octanol–water partition coefficient (Wildman–Crippen LogP) is 3.60. The van der Waals surface area contributed by atoms with Crippen LogP contribution in [0.5, 0.6) is 17.2 Å². The maximum atomic E-state index is 12.5. The Morgan fingerprint density at radius 3 is 2.60 bits per heavy atom. The van der Waals surface area contributed by atoms with Gasteiger partial charge in [-0.1, -0.05) is 30.2 Å². The lowest BCUT2D eigenvalue weighted by Gasteiger charge is -2.13. The van der Waals surface area contributed by atoms with Gasteiger partial charge in [0.25, 0.3) is 0 Å². The van der Waals surface area contributed by atoms with E-state index in [4.69, 9.17) is 15.9 Å². The van der Waals surface area contributed by atoms with Crippen LogP contribution in [0.25, 0.3) is 0 Å². The fraction of sp³-hybridized carbons (Fsp3) is 0.263. The summed E-state index contributed by atoms with van der Waals surface area (Å²) in [7, 11) is 1.40. The number of ether oxygens (including phenoxy) is 3. The van der Waals surface area contributed by atoms with Crippen LogP contribution in [0, 0.1) is 12.3 Å². The van der Waals surface area contributed by atoms with E-state index in [0.29, 0.717) is 18.8 Å². The molecule has 0 saturated heterocycles. The van der Waals surface area contributed by atoms with Crippen molar-refractivity contribution in [3.05, 3.63) is 53.6 Å². The average molecular weight is 347 g/mol. The number of para-hydroxylation sites is 1. The van der Waals surface area contributed by atoms with E-state index in [9.17, 15) is 8.78 Å². The summed E-state index contributed by atoms with van der Waals surface area (Å²) in [4.78, 5) is 0. The van der Waals surface area contributed by atoms with Gasteiger partial charge in [0.1, 0.15) is 12.4 Å². The van der Waals surface area contributed by atoms with Crippen molar-refractivity contribution in [3.63, 3.8) is 0 Å². The Morgan fingerprint density at radius 2 is 1.88 bits per heavy atom. The zero-order valence-corrected chi connectivity index (χ0v) is 13.8. The maximum Gasteiger partial charge on any atom is 0.387 e. The highest BCUT2D eigenvalue weighted by Crippen LogP contribution is 2.29. The Balaban J connectivity index is 1.99. The zero-order valence-electron chi connectivity index (χ0n) is 13.8. The third kappa shape index (κ3) is 5.66. The molecule has 0 saturated carbocycles. The minimum Gasteiger partial charge on any atom is -0.493 e. The Bertz CT molecular complexity index is 729. The van der Waals surface area contributed by atoms with Crippen molar-refractivity contribution in [3.8, 4) is 29.6 Å². The number of rotatable bonds is 9. The first-order valence-corrected chi connectivity index (χ1v) is 7.60. The summed E-state index contributed by atoms with van der Waals surface area (Å²) in [6.45, 7) is -1.70. The topological polar surface area (TPSA) is 39.7 Å². The van der Waals surface area contributed by atoms with Gasteiger partial charge in [0.15, 0.2) is 11.5 Å². The summed E-state index contributed by atoms with van der Waals surface area (Å²) in [6.07, 6.45) is 5.21. The Hall–Kier alpha value is -2.78. The second-order valence-electron chi connectivity index (χ2n) is 5.07. The number of benzene rings is 2. The summed E-state index contributed by atoms with van der Waals surface area (Å²) < 4.78 is 39.9. The van der Waals surface area contributed by atoms with Gasteiger partial charge < -0.3 is 19.5 Å². The molecule has 0 aliphatic rings. The van der Waals surface area contributed by atoms with Crippen molar-refractivity contribution in [2.24, 2.45) is 0 Å². The molecule has 1 N–H and O–H groups in total. The van der Waals surface area contributed by atoms with Crippen LogP contribution >= 0.6 is 0 Å². The van der Waals surface area contributed by atoms with E-state index in [1.807, 2.05) is 24.3 Å². The molecule has 0 aliphatic heterocycles. The molecule has 25 heavy (non-hydrogen) atoms. The second kappa shape index (κ2) is 9.50. The molecular formula is C19H19F2NO3. The smallest absolute Gasteiger partial charge is 0.387 e. The van der Waals surface area contributed by atoms with E-state index >= 15 is 0 Å². The van der Waals surface area contributed by atoms with Crippen LogP contribution < -0.4 is 19.5 Å². The number of hydrogen-bond acceptors (Lipinski definition) is 4. The third-order valence-corrected chi connectivity index (χ3v) is 3.37.